The van der Waals surface area contributed by atoms with Crippen LogP contribution in [-0.4, -0.2) is 12.4 Å². The number of rotatable bonds is 3. The summed E-state index contributed by atoms with van der Waals surface area (Å²) in [6.07, 6.45) is 3.56. The molecular weight excluding hydrogens is 387 g/mol. The first-order valence-electron chi connectivity index (χ1n) is 7.61. The third kappa shape index (κ3) is 5.51. The van der Waals surface area contributed by atoms with Crippen molar-refractivity contribution < 1.29 is 20.4 Å². The van der Waals surface area contributed by atoms with E-state index in [1.165, 1.54) is 33.4 Å². The van der Waals surface area contributed by atoms with Gasteiger partial charge in [-0.3, -0.25) is 9.98 Å². The number of aryl methyl sites for hydroxylation is 6. The summed E-state index contributed by atoms with van der Waals surface area (Å²) >= 11 is 0. The molecule has 2 aromatic carbocycles. The van der Waals surface area contributed by atoms with Crippen molar-refractivity contribution in [1.29, 1.82) is 0 Å². The van der Waals surface area contributed by atoms with Crippen molar-refractivity contribution in [3.05, 3.63) is 65.1 Å². The Balaban J connectivity index is 0.00000264. The van der Waals surface area contributed by atoms with Crippen molar-refractivity contribution in [1.82, 2.24) is 0 Å². The summed E-state index contributed by atoms with van der Waals surface area (Å²) in [5.41, 5.74) is 9.41. The minimum Gasteiger partial charge on any atom is -0.358 e. The minimum atomic E-state index is 0. The summed E-state index contributed by atoms with van der Waals surface area (Å²) < 4.78 is 0. The first-order valence-corrected chi connectivity index (χ1v) is 7.61. The van der Waals surface area contributed by atoms with Crippen molar-refractivity contribution in [3.63, 3.8) is 0 Å². The van der Waals surface area contributed by atoms with E-state index >= 15 is 0 Å². The molecule has 0 aliphatic heterocycles. The molecule has 0 radical (unpaired) electrons. The first-order chi connectivity index (χ1) is 10.4. The second-order valence-corrected chi connectivity index (χ2v) is 6.05. The summed E-state index contributed by atoms with van der Waals surface area (Å²) in [4.78, 5) is 9.13. The van der Waals surface area contributed by atoms with Gasteiger partial charge >= 0.3 is 0 Å². The molecule has 0 heterocycles. The molecular formula is C21H27N2Pd-. The number of benzene rings is 2. The van der Waals surface area contributed by atoms with Crippen molar-refractivity contribution in [2.45, 2.75) is 41.5 Å². The molecule has 0 unspecified atom stereocenters. The van der Waals surface area contributed by atoms with E-state index in [9.17, 15) is 0 Å². The van der Waals surface area contributed by atoms with Crippen LogP contribution in [0.25, 0.3) is 0 Å². The van der Waals surface area contributed by atoms with Crippen LogP contribution in [0.5, 0.6) is 0 Å². The van der Waals surface area contributed by atoms with Gasteiger partial charge in [-0.2, -0.15) is 0 Å². The Kier molecular flexibility index (Phi) is 9.04. The second kappa shape index (κ2) is 9.67. The average molecular weight is 414 g/mol. The van der Waals surface area contributed by atoms with Crippen LogP contribution in [0, 0.1) is 49.0 Å². The topological polar surface area (TPSA) is 24.7 Å². The Morgan fingerprint density at radius 3 is 1.08 bits per heavy atom. The summed E-state index contributed by atoms with van der Waals surface area (Å²) in [6.45, 7) is 12.6. The van der Waals surface area contributed by atoms with E-state index in [2.05, 4.69) is 75.8 Å². The van der Waals surface area contributed by atoms with E-state index in [0.29, 0.717) is 0 Å². The molecule has 0 aliphatic rings. The van der Waals surface area contributed by atoms with Crippen LogP contribution in [0.2, 0.25) is 0 Å². The molecule has 132 valence electrons. The molecule has 2 rings (SSSR count). The van der Waals surface area contributed by atoms with Gasteiger partial charge in [0.15, 0.2) is 0 Å². The molecule has 0 aromatic heterocycles. The molecule has 0 amide bonds. The smallest absolute Gasteiger partial charge is 0.0688 e. The van der Waals surface area contributed by atoms with Gasteiger partial charge in [-0.15, -0.1) is 0 Å². The predicted molar refractivity (Wildman–Crippen MR) is 104 cm³/mol. The van der Waals surface area contributed by atoms with Crippen molar-refractivity contribution in [3.8, 4) is 0 Å². The van der Waals surface area contributed by atoms with Crippen molar-refractivity contribution in [2.24, 2.45) is 9.98 Å². The maximum Gasteiger partial charge on any atom is 0.0688 e. The van der Waals surface area contributed by atoms with E-state index in [-0.39, 0.29) is 27.8 Å². The number of nitrogens with zero attached hydrogens (tertiary/aromatic N) is 2. The van der Waals surface area contributed by atoms with Crippen LogP contribution in [0.4, 0.5) is 11.4 Å². The Labute approximate surface area is 160 Å². The third-order valence-corrected chi connectivity index (χ3v) is 3.74. The van der Waals surface area contributed by atoms with Gasteiger partial charge in [-0.25, -0.2) is 0 Å². The zero-order valence-corrected chi connectivity index (χ0v) is 17.2. The normalized spacial score (nSPS) is 10.8. The Morgan fingerprint density at radius 2 is 0.833 bits per heavy atom. The zero-order chi connectivity index (χ0) is 16.3. The van der Waals surface area contributed by atoms with Gasteiger partial charge in [-0.05, 0) is 63.8 Å². The maximum atomic E-state index is 4.56. The molecule has 24 heavy (non-hydrogen) atoms. The van der Waals surface area contributed by atoms with E-state index in [1.807, 2.05) is 0 Å². The standard InChI is InChI=1S/C20H24N2.CH3.Pd/c1-13-9-15(3)19(16(4)10-13)21-7-8-22-20-17(5)11-14(2)12-18(20)6;;/h7-12H,1-6H3;1H3;/q;-1;. The van der Waals surface area contributed by atoms with Crippen molar-refractivity contribution in [2.75, 3.05) is 0 Å². The monoisotopic (exact) mass is 413 g/mol. The van der Waals surface area contributed by atoms with Gasteiger partial charge in [0, 0.05) is 32.9 Å². The molecule has 0 saturated carbocycles. The first kappa shape index (κ1) is 22.4. The minimum absolute atomic E-state index is 0. The van der Waals surface area contributed by atoms with Crippen LogP contribution in [0.15, 0.2) is 34.3 Å². The molecule has 0 spiro atoms. The van der Waals surface area contributed by atoms with Gasteiger partial charge in [0.25, 0.3) is 0 Å². The summed E-state index contributed by atoms with van der Waals surface area (Å²) in [5.74, 6) is 0. The van der Waals surface area contributed by atoms with Gasteiger partial charge in [0.1, 0.15) is 0 Å². The summed E-state index contributed by atoms with van der Waals surface area (Å²) in [5, 5.41) is 0. The van der Waals surface area contributed by atoms with Gasteiger partial charge in [0.05, 0.1) is 11.4 Å². The molecule has 0 bridgehead atoms. The van der Waals surface area contributed by atoms with Gasteiger partial charge < -0.3 is 7.43 Å². The van der Waals surface area contributed by atoms with Crippen LogP contribution in [-0.2, 0) is 20.4 Å². The molecule has 0 fully saturated rings. The van der Waals surface area contributed by atoms with E-state index in [0.717, 1.165) is 11.4 Å². The number of hydrogen-bond donors (Lipinski definition) is 0. The fourth-order valence-corrected chi connectivity index (χ4v) is 2.97. The number of aliphatic imine (C=N–C) groups is 2. The Bertz CT molecular complexity index is 647. The van der Waals surface area contributed by atoms with Crippen LogP contribution in [0.1, 0.15) is 33.4 Å². The van der Waals surface area contributed by atoms with Crippen LogP contribution < -0.4 is 0 Å². The predicted octanol–water partition coefficient (Wildman–Crippen LogP) is 6.09. The summed E-state index contributed by atoms with van der Waals surface area (Å²) in [6, 6.07) is 8.63. The maximum absolute atomic E-state index is 4.56. The molecule has 2 nitrogen and oxygen atoms in total. The van der Waals surface area contributed by atoms with Crippen LogP contribution in [0.3, 0.4) is 0 Å². The van der Waals surface area contributed by atoms with Gasteiger partial charge in [-0.1, -0.05) is 35.4 Å². The Hall–Kier alpha value is -1.56. The Morgan fingerprint density at radius 1 is 0.583 bits per heavy atom. The molecule has 0 saturated heterocycles. The SMILES string of the molecule is Cc1cc(C)c(N=CC=Nc2c(C)cc(C)cc2C)c(C)c1.[CH3-].[Pd]. The summed E-state index contributed by atoms with van der Waals surface area (Å²) in [7, 11) is 0. The van der Waals surface area contributed by atoms with Gasteiger partial charge in [0.2, 0.25) is 0 Å². The third-order valence-electron chi connectivity index (χ3n) is 3.74. The zero-order valence-electron chi connectivity index (χ0n) is 15.7. The largest absolute Gasteiger partial charge is 0.358 e. The molecule has 0 N–H and O–H groups in total. The van der Waals surface area contributed by atoms with E-state index < -0.39 is 0 Å². The fourth-order valence-electron chi connectivity index (χ4n) is 2.97. The second-order valence-electron chi connectivity index (χ2n) is 6.05. The molecule has 0 atom stereocenters. The van der Waals surface area contributed by atoms with Crippen molar-refractivity contribution >= 4 is 23.8 Å². The molecule has 3 heteroatoms. The molecule has 0 aliphatic carbocycles. The number of hydrogen-bond acceptors (Lipinski definition) is 2. The average Bonchev–Trinajstić information content (AvgIpc) is 2.38. The van der Waals surface area contributed by atoms with E-state index in [4.69, 9.17) is 0 Å². The molecule has 2 aromatic rings. The van der Waals surface area contributed by atoms with Crippen LogP contribution >= 0.6 is 0 Å². The quantitative estimate of drug-likeness (QED) is 0.330. The fraction of sp³-hybridized carbons (Fsp3) is 0.286. The van der Waals surface area contributed by atoms with E-state index in [1.54, 1.807) is 12.4 Å².